The third-order valence-corrected chi connectivity index (χ3v) is 8.19. The van der Waals surface area contributed by atoms with Crippen LogP contribution in [0.15, 0.2) is 58.5 Å². The van der Waals surface area contributed by atoms with Gasteiger partial charge in [0.15, 0.2) is 10.9 Å². The van der Waals surface area contributed by atoms with E-state index in [9.17, 15) is 14.0 Å². The first-order valence-electron chi connectivity index (χ1n) is 11.1. The molecule has 7 heteroatoms. The van der Waals surface area contributed by atoms with Crippen LogP contribution in [0, 0.1) is 12.7 Å². The summed E-state index contributed by atoms with van der Waals surface area (Å²) in [6, 6.07) is 13.3. The molecule has 0 saturated heterocycles. The van der Waals surface area contributed by atoms with Crippen molar-refractivity contribution in [1.82, 2.24) is 9.55 Å². The van der Waals surface area contributed by atoms with Crippen LogP contribution in [0.3, 0.4) is 0 Å². The summed E-state index contributed by atoms with van der Waals surface area (Å²) in [5, 5.41) is 1.24. The number of rotatable bonds is 5. The van der Waals surface area contributed by atoms with E-state index in [1.807, 2.05) is 31.2 Å². The third-order valence-electron chi connectivity index (χ3n) is 6.06. The molecule has 4 nitrogen and oxygen atoms in total. The van der Waals surface area contributed by atoms with E-state index in [2.05, 4.69) is 0 Å². The van der Waals surface area contributed by atoms with Gasteiger partial charge in [-0.3, -0.25) is 14.2 Å². The zero-order chi connectivity index (χ0) is 22.9. The molecule has 4 aromatic rings. The van der Waals surface area contributed by atoms with Crippen LogP contribution in [0.5, 0.6) is 0 Å². The smallest absolute Gasteiger partial charge is 0.267 e. The van der Waals surface area contributed by atoms with Gasteiger partial charge in [-0.15, -0.1) is 11.3 Å². The van der Waals surface area contributed by atoms with Gasteiger partial charge in [0, 0.05) is 10.4 Å². The quantitative estimate of drug-likeness (QED) is 0.150. The Hall–Kier alpha value is -2.77. The Morgan fingerprint density at radius 2 is 1.85 bits per heavy atom. The summed E-state index contributed by atoms with van der Waals surface area (Å²) in [5.74, 6) is -0.398. The zero-order valence-electron chi connectivity index (χ0n) is 18.3. The van der Waals surface area contributed by atoms with Crippen molar-refractivity contribution in [3.8, 4) is 5.69 Å². The van der Waals surface area contributed by atoms with E-state index in [-0.39, 0.29) is 22.9 Å². The Morgan fingerprint density at radius 1 is 1.09 bits per heavy atom. The van der Waals surface area contributed by atoms with Gasteiger partial charge in [-0.1, -0.05) is 36.4 Å². The third kappa shape index (κ3) is 4.27. The summed E-state index contributed by atoms with van der Waals surface area (Å²) >= 11 is 2.87. The van der Waals surface area contributed by atoms with Gasteiger partial charge in [0.2, 0.25) is 0 Å². The lowest BCUT2D eigenvalue weighted by Crippen LogP contribution is -2.23. The Labute approximate surface area is 199 Å². The van der Waals surface area contributed by atoms with Gasteiger partial charge in [-0.2, -0.15) is 0 Å². The fourth-order valence-electron chi connectivity index (χ4n) is 4.34. The second-order valence-electron chi connectivity index (χ2n) is 8.28. The molecule has 0 bridgehead atoms. The molecular formula is C26H23FN2O2S2. The largest absolute Gasteiger partial charge is 0.293 e. The number of carbonyl (C=O) groups is 1. The van der Waals surface area contributed by atoms with Gasteiger partial charge >= 0.3 is 0 Å². The van der Waals surface area contributed by atoms with Crippen LogP contribution >= 0.6 is 23.1 Å². The standard InChI is InChI=1S/C26H23FN2O2S2/c1-16-7-5-6-9-20(16)29-25(31)23-19-8-3-2-4-10-22(19)33-24(23)28-26(29)32-15-21(30)17-11-13-18(27)14-12-17/h5-7,9,11-14H,2-4,8,10,15H2,1H3. The number of hydrogen-bond donors (Lipinski definition) is 0. The highest BCUT2D eigenvalue weighted by atomic mass is 32.2. The van der Waals surface area contributed by atoms with Crippen LogP contribution in [0.25, 0.3) is 15.9 Å². The first-order chi connectivity index (χ1) is 16.0. The summed E-state index contributed by atoms with van der Waals surface area (Å²) in [6.45, 7) is 1.97. The van der Waals surface area contributed by atoms with E-state index >= 15 is 0 Å². The molecule has 33 heavy (non-hydrogen) atoms. The van der Waals surface area contributed by atoms with Crippen molar-refractivity contribution >= 4 is 39.1 Å². The molecule has 0 spiro atoms. The normalized spacial score (nSPS) is 13.6. The van der Waals surface area contributed by atoms with Crippen LogP contribution in [0.1, 0.15) is 45.6 Å². The van der Waals surface area contributed by atoms with E-state index in [0.717, 1.165) is 52.7 Å². The predicted molar refractivity (Wildman–Crippen MR) is 133 cm³/mol. The number of thioether (sulfide) groups is 1. The molecule has 0 radical (unpaired) electrons. The van der Waals surface area contributed by atoms with E-state index in [0.29, 0.717) is 10.7 Å². The number of aryl methyl sites for hydroxylation is 3. The first kappa shape index (κ1) is 22.0. The summed E-state index contributed by atoms with van der Waals surface area (Å²) in [4.78, 5) is 33.6. The molecule has 2 aromatic carbocycles. The number of hydrogen-bond acceptors (Lipinski definition) is 5. The zero-order valence-corrected chi connectivity index (χ0v) is 19.9. The lowest BCUT2D eigenvalue weighted by Gasteiger charge is -2.14. The van der Waals surface area contributed by atoms with Gasteiger partial charge in [0.1, 0.15) is 10.6 Å². The molecule has 0 fully saturated rings. The highest BCUT2D eigenvalue weighted by molar-refractivity contribution is 7.99. The van der Waals surface area contributed by atoms with Crippen molar-refractivity contribution < 1.29 is 9.18 Å². The highest BCUT2D eigenvalue weighted by Crippen LogP contribution is 2.35. The molecule has 0 N–H and O–H groups in total. The van der Waals surface area contributed by atoms with E-state index in [4.69, 9.17) is 4.98 Å². The molecule has 1 aliphatic carbocycles. The predicted octanol–water partition coefficient (Wildman–Crippen LogP) is 6.14. The molecular weight excluding hydrogens is 455 g/mol. The van der Waals surface area contributed by atoms with Crippen molar-refractivity contribution in [2.75, 3.05) is 5.75 Å². The molecule has 5 rings (SSSR count). The molecule has 2 aromatic heterocycles. The van der Waals surface area contributed by atoms with Crippen molar-refractivity contribution in [3.63, 3.8) is 0 Å². The number of ketones is 1. The second kappa shape index (κ2) is 9.23. The van der Waals surface area contributed by atoms with E-state index in [1.165, 1.54) is 47.3 Å². The Balaban J connectivity index is 1.61. The molecule has 0 amide bonds. The Bertz CT molecular complexity index is 1410. The minimum Gasteiger partial charge on any atom is -0.293 e. The number of nitrogens with zero attached hydrogens (tertiary/aromatic N) is 2. The van der Waals surface area contributed by atoms with Gasteiger partial charge in [-0.25, -0.2) is 9.37 Å². The summed E-state index contributed by atoms with van der Waals surface area (Å²) < 4.78 is 14.9. The fourth-order valence-corrected chi connectivity index (χ4v) is 6.54. The first-order valence-corrected chi connectivity index (χ1v) is 12.9. The molecule has 0 atom stereocenters. The van der Waals surface area contributed by atoms with Crippen LogP contribution in [0.4, 0.5) is 4.39 Å². The maximum atomic E-state index is 13.9. The molecule has 1 aliphatic rings. The summed E-state index contributed by atoms with van der Waals surface area (Å²) in [7, 11) is 0. The molecule has 2 heterocycles. The van der Waals surface area contributed by atoms with E-state index in [1.54, 1.807) is 15.9 Å². The monoisotopic (exact) mass is 478 g/mol. The minimum atomic E-state index is -0.378. The topological polar surface area (TPSA) is 52.0 Å². The van der Waals surface area contributed by atoms with Crippen LogP contribution in [-0.4, -0.2) is 21.1 Å². The number of fused-ring (bicyclic) bond motifs is 3. The molecule has 0 unspecified atom stereocenters. The Kier molecular flexibility index (Phi) is 6.17. The average Bonchev–Trinajstić information content (AvgIpc) is 3.00. The molecule has 0 saturated carbocycles. The average molecular weight is 479 g/mol. The van der Waals surface area contributed by atoms with Gasteiger partial charge in [-0.05, 0) is 74.1 Å². The highest BCUT2D eigenvalue weighted by Gasteiger charge is 2.23. The fraction of sp³-hybridized carbons (Fsp3) is 0.269. The molecule has 0 aliphatic heterocycles. The summed E-state index contributed by atoms with van der Waals surface area (Å²) in [6.07, 6.45) is 5.31. The van der Waals surface area contributed by atoms with Gasteiger partial charge in [0.25, 0.3) is 5.56 Å². The number of halogens is 1. The summed E-state index contributed by atoms with van der Waals surface area (Å²) in [5.41, 5.74) is 3.28. The number of para-hydroxylation sites is 1. The number of Topliss-reactive ketones (excluding diaryl/α,β-unsaturated/α-hetero) is 1. The van der Waals surface area contributed by atoms with Crippen molar-refractivity contribution in [2.45, 2.75) is 44.2 Å². The lowest BCUT2D eigenvalue weighted by molar-refractivity contribution is 0.102. The van der Waals surface area contributed by atoms with Gasteiger partial charge < -0.3 is 0 Å². The SMILES string of the molecule is Cc1ccccc1-n1c(SCC(=O)c2ccc(F)cc2)nc2sc3c(c2c1=O)CCCCC3. The molecule has 168 valence electrons. The number of aromatic nitrogens is 2. The maximum Gasteiger partial charge on any atom is 0.267 e. The van der Waals surface area contributed by atoms with Crippen molar-refractivity contribution in [3.05, 3.63) is 86.3 Å². The van der Waals surface area contributed by atoms with Gasteiger partial charge in [0.05, 0.1) is 16.8 Å². The van der Waals surface area contributed by atoms with Crippen LogP contribution < -0.4 is 5.56 Å². The number of carbonyl (C=O) groups excluding carboxylic acids is 1. The maximum absolute atomic E-state index is 13.9. The number of thiophene rings is 1. The second-order valence-corrected chi connectivity index (χ2v) is 10.3. The Morgan fingerprint density at radius 3 is 2.64 bits per heavy atom. The van der Waals surface area contributed by atoms with Crippen molar-refractivity contribution in [2.24, 2.45) is 0 Å². The van der Waals surface area contributed by atoms with Crippen LogP contribution in [-0.2, 0) is 12.8 Å². The number of benzene rings is 2. The minimum absolute atomic E-state index is 0.0644. The van der Waals surface area contributed by atoms with E-state index < -0.39 is 0 Å². The lowest BCUT2D eigenvalue weighted by atomic mass is 10.1. The van der Waals surface area contributed by atoms with Crippen LogP contribution in [0.2, 0.25) is 0 Å². The van der Waals surface area contributed by atoms with Crippen molar-refractivity contribution in [1.29, 1.82) is 0 Å².